The molecular weight excluding hydrogens is 100 g/mol. The van der Waals surface area contributed by atoms with Crippen LogP contribution in [-0.2, 0) is 0 Å². The molecule has 0 bridgehead atoms. The van der Waals surface area contributed by atoms with Gasteiger partial charge in [0.1, 0.15) is 0 Å². The molecule has 0 fully saturated rings. The molecule has 7 heavy (non-hydrogen) atoms. The molecule has 0 aliphatic heterocycles. The molecule has 0 saturated carbocycles. The molecule has 0 aromatic carbocycles. The fourth-order valence-electron chi connectivity index (χ4n) is 0.362. The molecule has 0 aliphatic rings. The normalized spacial score (nSPS) is 7.71. The number of hydrogen-bond acceptors (Lipinski definition) is 1. The first kappa shape index (κ1) is 10.7. The Balaban J connectivity index is 0. The zero-order chi connectivity index (χ0) is 4.83. The van der Waals surface area contributed by atoms with Gasteiger partial charge in [-0.05, 0) is 6.42 Å². The molecule has 0 aromatic rings. The van der Waals surface area contributed by atoms with Gasteiger partial charge in [0.05, 0.1) is 0 Å². The van der Waals surface area contributed by atoms with Crippen molar-refractivity contribution in [2.24, 2.45) is 0 Å². The van der Waals surface area contributed by atoms with E-state index in [1.165, 1.54) is 6.42 Å². The number of aliphatic hydroxyl groups excluding tert-OH is 1. The van der Waals surface area contributed by atoms with E-state index in [0.717, 1.165) is 12.8 Å². The van der Waals surface area contributed by atoms with Gasteiger partial charge in [-0.25, -0.2) is 0 Å². The summed E-state index contributed by atoms with van der Waals surface area (Å²) in [6, 6.07) is 0. The summed E-state index contributed by atoms with van der Waals surface area (Å²) in [5.74, 6) is 0. The second-order valence-corrected chi connectivity index (χ2v) is 1.43. The van der Waals surface area contributed by atoms with Crippen molar-refractivity contribution in [3.05, 3.63) is 0 Å². The van der Waals surface area contributed by atoms with Gasteiger partial charge < -0.3 is 5.11 Å². The maximum Gasteiger partial charge on any atom is 0.316 e. The van der Waals surface area contributed by atoms with Gasteiger partial charge in [-0.2, -0.15) is 0 Å². The Labute approximate surface area is 61.3 Å². The largest absolute Gasteiger partial charge is 0.396 e. The highest BCUT2D eigenvalue weighted by molar-refractivity contribution is 5.75. The number of hydrogen-bond donors (Lipinski definition) is 1. The molecule has 0 aromatic heterocycles. The summed E-state index contributed by atoms with van der Waals surface area (Å²) in [5, 5.41) is 8.20. The first-order valence-corrected chi connectivity index (χ1v) is 2.52. The molecule has 0 saturated heterocycles. The third-order valence-corrected chi connectivity index (χ3v) is 0.762. The van der Waals surface area contributed by atoms with E-state index in [-0.39, 0.29) is 23.1 Å². The van der Waals surface area contributed by atoms with Crippen LogP contribution < -0.4 is 0 Å². The lowest BCUT2D eigenvalue weighted by atomic mass is 10.3. The monoisotopic (exact) mass is 114 g/mol. The number of aliphatic hydroxyl groups is 1. The maximum absolute atomic E-state index is 8.20. The van der Waals surface area contributed by atoms with Crippen LogP contribution in [0.15, 0.2) is 0 Å². The standard InChI is InChI=1S/C5H12O.Mg.2H/c1-2-3-4-5-6;;;/h6H,2-5H2,1H3;;;. The van der Waals surface area contributed by atoms with E-state index >= 15 is 0 Å². The smallest absolute Gasteiger partial charge is 0.316 e. The van der Waals surface area contributed by atoms with Crippen molar-refractivity contribution in [2.45, 2.75) is 26.2 Å². The van der Waals surface area contributed by atoms with Gasteiger partial charge in [-0.15, -0.1) is 0 Å². The summed E-state index contributed by atoms with van der Waals surface area (Å²) in [6.07, 6.45) is 3.33. The van der Waals surface area contributed by atoms with E-state index in [9.17, 15) is 0 Å². The number of unbranched alkanes of at least 4 members (excludes halogenated alkanes) is 2. The van der Waals surface area contributed by atoms with E-state index in [0.29, 0.717) is 6.61 Å². The molecule has 0 aliphatic carbocycles. The second kappa shape index (κ2) is 9.87. The molecule has 0 spiro atoms. The Kier molecular flexibility index (Phi) is 15.0. The molecule has 42 valence electrons. The van der Waals surface area contributed by atoms with Gasteiger partial charge in [0, 0.05) is 6.61 Å². The van der Waals surface area contributed by atoms with E-state index in [1.54, 1.807) is 0 Å². The Morgan fingerprint density at radius 3 is 2.00 bits per heavy atom. The lowest BCUT2D eigenvalue weighted by Crippen LogP contribution is -1.78. The first-order chi connectivity index (χ1) is 2.91. The van der Waals surface area contributed by atoms with Crippen LogP contribution in [0, 0.1) is 0 Å². The van der Waals surface area contributed by atoms with Gasteiger partial charge >= 0.3 is 23.1 Å². The van der Waals surface area contributed by atoms with Crippen molar-refractivity contribution in [1.82, 2.24) is 0 Å². The van der Waals surface area contributed by atoms with Crippen LogP contribution in [0.2, 0.25) is 0 Å². The van der Waals surface area contributed by atoms with Crippen LogP contribution in [0.3, 0.4) is 0 Å². The zero-order valence-corrected chi connectivity index (χ0v) is 4.28. The third kappa shape index (κ3) is 10.8. The summed E-state index contributed by atoms with van der Waals surface area (Å²) >= 11 is 0. The van der Waals surface area contributed by atoms with E-state index in [4.69, 9.17) is 5.11 Å². The predicted molar refractivity (Wildman–Crippen MR) is 35.2 cm³/mol. The SMILES string of the molecule is CCCCCO.[MgH2]. The van der Waals surface area contributed by atoms with Crippen LogP contribution in [0.4, 0.5) is 0 Å². The quantitative estimate of drug-likeness (QED) is 0.412. The fourth-order valence-corrected chi connectivity index (χ4v) is 0.362. The Bertz CT molecular complexity index is 20.0. The molecule has 0 rings (SSSR count). The summed E-state index contributed by atoms with van der Waals surface area (Å²) in [6.45, 7) is 2.48. The highest BCUT2D eigenvalue weighted by atomic mass is 24.3. The summed E-state index contributed by atoms with van der Waals surface area (Å²) < 4.78 is 0. The molecule has 1 nitrogen and oxygen atoms in total. The Morgan fingerprint density at radius 2 is 1.86 bits per heavy atom. The predicted octanol–water partition coefficient (Wildman–Crippen LogP) is 0.253. The van der Waals surface area contributed by atoms with Crippen LogP contribution in [0.5, 0.6) is 0 Å². The van der Waals surface area contributed by atoms with Crippen molar-refractivity contribution >= 4 is 23.1 Å². The number of rotatable bonds is 3. The van der Waals surface area contributed by atoms with E-state index < -0.39 is 0 Å². The molecule has 0 radical (unpaired) electrons. The third-order valence-electron chi connectivity index (χ3n) is 0.762. The van der Waals surface area contributed by atoms with Gasteiger partial charge in [-0.3, -0.25) is 0 Å². The van der Waals surface area contributed by atoms with Gasteiger partial charge in [0.2, 0.25) is 0 Å². The maximum atomic E-state index is 8.20. The minimum Gasteiger partial charge on any atom is -0.396 e. The Morgan fingerprint density at radius 1 is 1.29 bits per heavy atom. The molecular formula is C5H14MgO. The summed E-state index contributed by atoms with van der Waals surface area (Å²) in [7, 11) is 0. The topological polar surface area (TPSA) is 20.2 Å². The summed E-state index contributed by atoms with van der Waals surface area (Å²) in [4.78, 5) is 0. The van der Waals surface area contributed by atoms with Gasteiger partial charge in [0.15, 0.2) is 0 Å². The molecule has 0 atom stereocenters. The highest BCUT2D eigenvalue weighted by Crippen LogP contribution is 1.89. The van der Waals surface area contributed by atoms with Crippen molar-refractivity contribution in [3.8, 4) is 0 Å². The average Bonchev–Trinajstić information content (AvgIpc) is 1.61. The highest BCUT2D eigenvalue weighted by Gasteiger charge is 1.76. The van der Waals surface area contributed by atoms with E-state index in [2.05, 4.69) is 6.92 Å². The second-order valence-electron chi connectivity index (χ2n) is 1.43. The Hall–Kier alpha value is 0.726. The van der Waals surface area contributed by atoms with Crippen LogP contribution in [0.1, 0.15) is 26.2 Å². The van der Waals surface area contributed by atoms with Crippen molar-refractivity contribution in [1.29, 1.82) is 0 Å². The van der Waals surface area contributed by atoms with Crippen LogP contribution >= 0.6 is 0 Å². The van der Waals surface area contributed by atoms with Crippen molar-refractivity contribution < 1.29 is 5.11 Å². The minimum atomic E-state index is 0. The fraction of sp³-hybridized carbons (Fsp3) is 1.00. The first-order valence-electron chi connectivity index (χ1n) is 2.52. The molecule has 0 unspecified atom stereocenters. The van der Waals surface area contributed by atoms with Crippen LogP contribution in [-0.4, -0.2) is 34.8 Å². The van der Waals surface area contributed by atoms with E-state index in [1.807, 2.05) is 0 Å². The average molecular weight is 114 g/mol. The van der Waals surface area contributed by atoms with Gasteiger partial charge in [0.25, 0.3) is 0 Å². The van der Waals surface area contributed by atoms with Crippen molar-refractivity contribution in [2.75, 3.05) is 6.61 Å². The van der Waals surface area contributed by atoms with Crippen LogP contribution in [0.25, 0.3) is 0 Å². The lowest BCUT2D eigenvalue weighted by molar-refractivity contribution is 0.284. The molecule has 0 amide bonds. The lowest BCUT2D eigenvalue weighted by Gasteiger charge is -1.85. The molecule has 1 N–H and O–H groups in total. The zero-order valence-electron chi connectivity index (χ0n) is 4.28. The van der Waals surface area contributed by atoms with Crippen molar-refractivity contribution in [3.63, 3.8) is 0 Å². The van der Waals surface area contributed by atoms with Gasteiger partial charge in [-0.1, -0.05) is 19.8 Å². The molecule has 2 heteroatoms. The summed E-state index contributed by atoms with van der Waals surface area (Å²) in [5.41, 5.74) is 0. The minimum absolute atomic E-state index is 0. The molecule has 0 heterocycles.